The van der Waals surface area contributed by atoms with Crippen molar-refractivity contribution < 1.29 is 4.74 Å². The highest BCUT2D eigenvalue weighted by Crippen LogP contribution is 2.30. The zero-order valence-electron chi connectivity index (χ0n) is 16.0. The molecule has 0 unspecified atom stereocenters. The van der Waals surface area contributed by atoms with E-state index in [1.54, 1.807) is 12.4 Å². The van der Waals surface area contributed by atoms with Crippen molar-refractivity contribution >= 4 is 23.3 Å². The number of fused-ring (bicyclic) bond motifs is 1. The molecule has 0 aliphatic carbocycles. The molecular weight excluding hydrogens is 364 g/mol. The van der Waals surface area contributed by atoms with E-state index in [1.165, 1.54) is 12.0 Å². The van der Waals surface area contributed by atoms with Crippen LogP contribution in [0.25, 0.3) is 17.3 Å². The number of nitrogens with one attached hydrogen (secondary N) is 2. The number of nitrogens with zero attached hydrogens (tertiary/aromatic N) is 4. The number of pyridine rings is 1. The Kier molecular flexibility index (Phi) is 4.80. The molecule has 7 heteroatoms. The predicted octanol–water partition coefficient (Wildman–Crippen LogP) is 3.19. The van der Waals surface area contributed by atoms with Gasteiger partial charge in [-0.3, -0.25) is 0 Å². The van der Waals surface area contributed by atoms with Gasteiger partial charge in [0.2, 0.25) is 0 Å². The summed E-state index contributed by atoms with van der Waals surface area (Å²) in [7, 11) is 0. The number of aromatic nitrogens is 3. The topological polar surface area (TPSA) is 75.2 Å². The summed E-state index contributed by atoms with van der Waals surface area (Å²) in [4.78, 5) is 15.5. The van der Waals surface area contributed by atoms with Gasteiger partial charge in [0, 0.05) is 54.5 Å². The minimum Gasteiger partial charge on any atom is -0.387 e. The zero-order chi connectivity index (χ0) is 19.5. The van der Waals surface area contributed by atoms with Gasteiger partial charge in [0.15, 0.2) is 0 Å². The van der Waals surface area contributed by atoms with Crippen LogP contribution in [0.1, 0.15) is 11.1 Å². The maximum atomic E-state index is 5.44. The van der Waals surface area contributed by atoms with Crippen LogP contribution in [0.3, 0.4) is 0 Å². The Bertz CT molecular complexity index is 1010. The van der Waals surface area contributed by atoms with Crippen molar-refractivity contribution in [3.63, 3.8) is 0 Å². The average molecular weight is 386 g/mol. The number of morpholine rings is 1. The van der Waals surface area contributed by atoms with Crippen molar-refractivity contribution in [2.75, 3.05) is 36.5 Å². The summed E-state index contributed by atoms with van der Waals surface area (Å²) in [5, 5.41) is 6.78. The fourth-order valence-electron chi connectivity index (χ4n) is 3.63. The van der Waals surface area contributed by atoms with Crippen molar-refractivity contribution in [3.8, 4) is 11.3 Å². The SMILES string of the molecule is C1=Cc2cc(-c3cncnc3)nc(Nc3ccc(N4CCOCC4)cc3)c2CN1. The summed E-state index contributed by atoms with van der Waals surface area (Å²) in [5.41, 5.74) is 6.26. The molecule has 2 N–H and O–H groups in total. The molecule has 2 aromatic heterocycles. The van der Waals surface area contributed by atoms with Gasteiger partial charge in [-0.1, -0.05) is 0 Å². The van der Waals surface area contributed by atoms with Crippen LogP contribution in [0.4, 0.5) is 17.2 Å². The van der Waals surface area contributed by atoms with E-state index >= 15 is 0 Å². The summed E-state index contributed by atoms with van der Waals surface area (Å²) in [6, 6.07) is 10.6. The quantitative estimate of drug-likeness (QED) is 0.713. The first kappa shape index (κ1) is 17.6. The molecule has 2 aliphatic heterocycles. The predicted molar refractivity (Wildman–Crippen MR) is 114 cm³/mol. The van der Waals surface area contributed by atoms with Crippen LogP contribution in [0.15, 0.2) is 55.3 Å². The monoisotopic (exact) mass is 386 g/mol. The van der Waals surface area contributed by atoms with E-state index in [-0.39, 0.29) is 0 Å². The van der Waals surface area contributed by atoms with E-state index in [2.05, 4.69) is 61.9 Å². The Labute approximate surface area is 169 Å². The van der Waals surface area contributed by atoms with E-state index in [4.69, 9.17) is 9.72 Å². The lowest BCUT2D eigenvalue weighted by atomic mass is 10.0. The van der Waals surface area contributed by atoms with Crippen LogP contribution in [0.2, 0.25) is 0 Å². The van der Waals surface area contributed by atoms with E-state index in [0.717, 1.165) is 66.7 Å². The minimum absolute atomic E-state index is 0.735. The standard InChI is InChI=1S/C22H22N6O/c1-3-19(28-7-9-29-10-8-28)4-2-18(1)26-22-20-14-23-6-5-16(20)11-21(27-22)17-12-24-15-25-13-17/h1-6,11-13,15,23H,7-10,14H2,(H,26,27). The Balaban J connectivity index is 1.45. The number of benzene rings is 1. The lowest BCUT2D eigenvalue weighted by Crippen LogP contribution is -2.36. The number of ether oxygens (including phenoxy) is 1. The largest absolute Gasteiger partial charge is 0.387 e. The molecule has 5 rings (SSSR count). The number of anilines is 3. The first-order valence-corrected chi connectivity index (χ1v) is 9.76. The number of rotatable bonds is 4. The molecule has 0 atom stereocenters. The van der Waals surface area contributed by atoms with Crippen LogP contribution >= 0.6 is 0 Å². The molecule has 0 saturated carbocycles. The molecule has 0 spiro atoms. The highest BCUT2D eigenvalue weighted by molar-refractivity contribution is 5.74. The van der Waals surface area contributed by atoms with Gasteiger partial charge in [0.1, 0.15) is 12.1 Å². The first-order valence-electron chi connectivity index (χ1n) is 9.76. The molecular formula is C22H22N6O. The zero-order valence-corrected chi connectivity index (χ0v) is 16.0. The smallest absolute Gasteiger partial charge is 0.136 e. The molecule has 0 bridgehead atoms. The summed E-state index contributed by atoms with van der Waals surface area (Å²) in [5.74, 6) is 0.845. The van der Waals surface area contributed by atoms with E-state index in [0.29, 0.717) is 0 Å². The van der Waals surface area contributed by atoms with Gasteiger partial charge in [-0.15, -0.1) is 0 Å². The van der Waals surface area contributed by atoms with Crippen molar-refractivity contribution in [3.05, 3.63) is 66.4 Å². The molecule has 0 amide bonds. The second-order valence-electron chi connectivity index (χ2n) is 7.04. The van der Waals surface area contributed by atoms with Gasteiger partial charge in [-0.05, 0) is 48.2 Å². The van der Waals surface area contributed by atoms with E-state index in [1.807, 2.05) is 6.20 Å². The normalized spacial score (nSPS) is 15.5. The fourth-order valence-corrected chi connectivity index (χ4v) is 3.63. The molecule has 29 heavy (non-hydrogen) atoms. The van der Waals surface area contributed by atoms with Crippen molar-refractivity contribution in [2.45, 2.75) is 6.54 Å². The third kappa shape index (κ3) is 3.77. The van der Waals surface area contributed by atoms with Gasteiger partial charge in [0.25, 0.3) is 0 Å². The third-order valence-electron chi connectivity index (χ3n) is 5.18. The van der Waals surface area contributed by atoms with Crippen molar-refractivity contribution in [1.82, 2.24) is 20.3 Å². The fraction of sp³-hybridized carbons (Fsp3) is 0.227. The van der Waals surface area contributed by atoms with Crippen LogP contribution < -0.4 is 15.5 Å². The van der Waals surface area contributed by atoms with Gasteiger partial charge < -0.3 is 20.3 Å². The molecule has 3 aromatic rings. The Hall–Kier alpha value is -3.45. The maximum absolute atomic E-state index is 5.44. The summed E-state index contributed by atoms with van der Waals surface area (Å²) in [6.45, 7) is 4.17. The van der Waals surface area contributed by atoms with Gasteiger partial charge >= 0.3 is 0 Å². The second kappa shape index (κ2) is 7.89. The summed E-state index contributed by atoms with van der Waals surface area (Å²) < 4.78 is 5.44. The number of hydrogen-bond donors (Lipinski definition) is 2. The molecule has 1 fully saturated rings. The third-order valence-corrected chi connectivity index (χ3v) is 5.18. The molecule has 0 radical (unpaired) electrons. The second-order valence-corrected chi connectivity index (χ2v) is 7.04. The molecule has 4 heterocycles. The molecule has 7 nitrogen and oxygen atoms in total. The van der Waals surface area contributed by atoms with Crippen LogP contribution in [-0.4, -0.2) is 41.3 Å². The van der Waals surface area contributed by atoms with E-state index in [9.17, 15) is 0 Å². The molecule has 2 aliphatic rings. The summed E-state index contributed by atoms with van der Waals surface area (Å²) >= 11 is 0. The summed E-state index contributed by atoms with van der Waals surface area (Å²) in [6.07, 6.45) is 9.14. The van der Waals surface area contributed by atoms with E-state index < -0.39 is 0 Å². The first-order chi connectivity index (χ1) is 14.4. The Morgan fingerprint density at radius 1 is 1.03 bits per heavy atom. The maximum Gasteiger partial charge on any atom is 0.136 e. The molecule has 146 valence electrons. The number of hydrogen-bond acceptors (Lipinski definition) is 7. The molecule has 1 saturated heterocycles. The van der Waals surface area contributed by atoms with Gasteiger partial charge in [-0.2, -0.15) is 0 Å². The Morgan fingerprint density at radius 2 is 1.83 bits per heavy atom. The minimum atomic E-state index is 0.735. The molecule has 1 aromatic carbocycles. The van der Waals surface area contributed by atoms with Crippen LogP contribution in [-0.2, 0) is 11.3 Å². The van der Waals surface area contributed by atoms with Crippen molar-refractivity contribution in [1.29, 1.82) is 0 Å². The van der Waals surface area contributed by atoms with Crippen molar-refractivity contribution in [2.24, 2.45) is 0 Å². The van der Waals surface area contributed by atoms with Crippen LogP contribution in [0, 0.1) is 0 Å². The average Bonchev–Trinajstić information content (AvgIpc) is 2.81. The highest BCUT2D eigenvalue weighted by Gasteiger charge is 2.15. The lowest BCUT2D eigenvalue weighted by molar-refractivity contribution is 0.122. The van der Waals surface area contributed by atoms with Gasteiger partial charge in [-0.25, -0.2) is 15.0 Å². The highest BCUT2D eigenvalue weighted by atomic mass is 16.5. The van der Waals surface area contributed by atoms with Gasteiger partial charge in [0.05, 0.1) is 18.9 Å². The lowest BCUT2D eigenvalue weighted by Gasteiger charge is -2.29. The van der Waals surface area contributed by atoms with Crippen LogP contribution in [0.5, 0.6) is 0 Å². The Morgan fingerprint density at radius 3 is 2.62 bits per heavy atom.